The van der Waals surface area contributed by atoms with Crippen LogP contribution in [0, 0.1) is 5.92 Å². The van der Waals surface area contributed by atoms with Gasteiger partial charge in [-0.2, -0.15) is 0 Å². The van der Waals surface area contributed by atoms with Gasteiger partial charge in [-0.25, -0.2) is 4.98 Å². The van der Waals surface area contributed by atoms with E-state index in [4.69, 9.17) is 0 Å². The first-order valence-corrected chi connectivity index (χ1v) is 7.88. The van der Waals surface area contributed by atoms with Crippen LogP contribution in [0.5, 0.6) is 0 Å². The van der Waals surface area contributed by atoms with Crippen LogP contribution in [0.15, 0.2) is 35.7 Å². The molecule has 0 saturated heterocycles. The van der Waals surface area contributed by atoms with Crippen molar-refractivity contribution in [2.24, 2.45) is 5.92 Å². The minimum atomic E-state index is 0.747. The fraction of sp³-hybridized carbons (Fsp3) is 0.438. The van der Waals surface area contributed by atoms with Crippen molar-refractivity contribution in [2.75, 3.05) is 6.54 Å². The summed E-state index contributed by atoms with van der Waals surface area (Å²) >= 11 is 1.72. The Kier molecular flexibility index (Phi) is 5.55. The number of rotatable bonds is 7. The molecule has 2 nitrogen and oxygen atoms in total. The van der Waals surface area contributed by atoms with Crippen LogP contribution in [-0.4, -0.2) is 11.5 Å². The number of benzene rings is 1. The number of hydrogen-bond acceptors (Lipinski definition) is 3. The quantitative estimate of drug-likeness (QED) is 0.812. The monoisotopic (exact) mass is 274 g/mol. The second-order valence-electron chi connectivity index (χ2n) is 5.03. The van der Waals surface area contributed by atoms with E-state index in [-0.39, 0.29) is 0 Å². The Labute approximate surface area is 119 Å². The summed E-state index contributed by atoms with van der Waals surface area (Å²) in [4.78, 5) is 4.68. The Balaban J connectivity index is 1.85. The van der Waals surface area contributed by atoms with Gasteiger partial charge in [-0.15, -0.1) is 11.3 Å². The van der Waals surface area contributed by atoms with Gasteiger partial charge in [0, 0.05) is 17.5 Å². The van der Waals surface area contributed by atoms with Crippen LogP contribution < -0.4 is 5.32 Å². The molecule has 3 heteroatoms. The second kappa shape index (κ2) is 7.41. The zero-order chi connectivity index (χ0) is 13.5. The Morgan fingerprint density at radius 1 is 1.26 bits per heavy atom. The van der Waals surface area contributed by atoms with E-state index in [1.165, 1.54) is 18.4 Å². The molecule has 1 aromatic carbocycles. The van der Waals surface area contributed by atoms with Crippen LogP contribution in [0.2, 0.25) is 0 Å². The van der Waals surface area contributed by atoms with Crippen LogP contribution in [0.3, 0.4) is 0 Å². The molecule has 0 saturated carbocycles. The summed E-state index contributed by atoms with van der Waals surface area (Å²) in [6.45, 7) is 6.49. The van der Waals surface area contributed by atoms with Crippen molar-refractivity contribution in [1.82, 2.24) is 10.3 Å². The lowest BCUT2D eigenvalue weighted by Gasteiger charge is -2.10. The highest BCUT2D eigenvalue weighted by Crippen LogP contribution is 2.23. The first-order chi connectivity index (χ1) is 9.29. The highest BCUT2D eigenvalue weighted by Gasteiger charge is 2.05. The standard InChI is InChI=1S/C16H22N2S/c1-3-7-13(2)10-17-11-15-12-19-16(18-15)14-8-5-4-6-9-14/h4-6,8-9,12-13,17H,3,7,10-11H2,1-2H3. The van der Waals surface area contributed by atoms with Gasteiger partial charge in [-0.05, 0) is 18.9 Å². The molecule has 102 valence electrons. The number of nitrogens with zero attached hydrogens (tertiary/aromatic N) is 1. The van der Waals surface area contributed by atoms with Gasteiger partial charge in [-0.1, -0.05) is 50.6 Å². The van der Waals surface area contributed by atoms with E-state index in [0.717, 1.165) is 29.7 Å². The summed E-state index contributed by atoms with van der Waals surface area (Å²) in [5, 5.41) is 6.76. The Morgan fingerprint density at radius 2 is 2.05 bits per heavy atom. The summed E-state index contributed by atoms with van der Waals surface area (Å²) in [5.41, 5.74) is 2.35. The molecule has 0 aliphatic rings. The highest BCUT2D eigenvalue weighted by molar-refractivity contribution is 7.13. The summed E-state index contributed by atoms with van der Waals surface area (Å²) in [5.74, 6) is 0.747. The molecule has 2 rings (SSSR count). The van der Waals surface area contributed by atoms with Gasteiger partial charge in [-0.3, -0.25) is 0 Å². The number of hydrogen-bond donors (Lipinski definition) is 1. The maximum absolute atomic E-state index is 4.68. The topological polar surface area (TPSA) is 24.9 Å². The fourth-order valence-corrected chi connectivity index (χ4v) is 2.97. The third-order valence-electron chi connectivity index (χ3n) is 3.15. The van der Waals surface area contributed by atoms with Crippen molar-refractivity contribution in [1.29, 1.82) is 0 Å². The predicted molar refractivity (Wildman–Crippen MR) is 83.3 cm³/mol. The maximum Gasteiger partial charge on any atom is 0.123 e. The Hall–Kier alpha value is -1.19. The van der Waals surface area contributed by atoms with Gasteiger partial charge in [0.15, 0.2) is 0 Å². The van der Waals surface area contributed by atoms with Crippen LogP contribution in [0.4, 0.5) is 0 Å². The summed E-state index contributed by atoms with van der Waals surface area (Å²) in [6.07, 6.45) is 2.55. The SMILES string of the molecule is CCCC(C)CNCc1csc(-c2ccccc2)n1. The normalized spacial score (nSPS) is 12.5. The zero-order valence-corrected chi connectivity index (χ0v) is 12.5. The smallest absolute Gasteiger partial charge is 0.123 e. The molecular weight excluding hydrogens is 252 g/mol. The summed E-state index contributed by atoms with van der Waals surface area (Å²) in [7, 11) is 0. The van der Waals surface area contributed by atoms with E-state index in [1.54, 1.807) is 11.3 Å². The van der Waals surface area contributed by atoms with Gasteiger partial charge < -0.3 is 5.32 Å². The van der Waals surface area contributed by atoms with Crippen molar-refractivity contribution < 1.29 is 0 Å². The molecule has 1 aromatic heterocycles. The Morgan fingerprint density at radius 3 is 2.79 bits per heavy atom. The summed E-state index contributed by atoms with van der Waals surface area (Å²) < 4.78 is 0. The van der Waals surface area contributed by atoms with Crippen molar-refractivity contribution in [3.63, 3.8) is 0 Å². The third-order valence-corrected chi connectivity index (χ3v) is 4.09. The van der Waals surface area contributed by atoms with Crippen LogP contribution in [0.1, 0.15) is 32.4 Å². The molecule has 0 aliphatic carbocycles. The van der Waals surface area contributed by atoms with Crippen molar-refractivity contribution in [2.45, 2.75) is 33.2 Å². The van der Waals surface area contributed by atoms with E-state index >= 15 is 0 Å². The maximum atomic E-state index is 4.68. The Bertz CT molecular complexity index is 479. The molecule has 0 bridgehead atoms. The largest absolute Gasteiger partial charge is 0.311 e. The minimum Gasteiger partial charge on any atom is -0.311 e. The van der Waals surface area contributed by atoms with Crippen molar-refractivity contribution >= 4 is 11.3 Å². The molecule has 0 radical (unpaired) electrons. The molecule has 0 aliphatic heterocycles. The van der Waals surface area contributed by atoms with Crippen LogP contribution >= 0.6 is 11.3 Å². The van der Waals surface area contributed by atoms with E-state index in [0.29, 0.717) is 0 Å². The third kappa shape index (κ3) is 4.44. The van der Waals surface area contributed by atoms with Gasteiger partial charge in [0.1, 0.15) is 5.01 Å². The molecule has 1 atom stereocenters. The number of aromatic nitrogens is 1. The van der Waals surface area contributed by atoms with Gasteiger partial charge in [0.2, 0.25) is 0 Å². The fourth-order valence-electron chi connectivity index (χ4n) is 2.14. The highest BCUT2D eigenvalue weighted by atomic mass is 32.1. The lowest BCUT2D eigenvalue weighted by molar-refractivity contribution is 0.474. The first kappa shape index (κ1) is 14.2. The lowest BCUT2D eigenvalue weighted by Crippen LogP contribution is -2.20. The molecule has 0 amide bonds. The average molecular weight is 274 g/mol. The van der Waals surface area contributed by atoms with E-state index in [1.807, 2.05) is 6.07 Å². The van der Waals surface area contributed by atoms with Crippen molar-refractivity contribution in [3.8, 4) is 10.6 Å². The molecule has 1 unspecified atom stereocenters. The minimum absolute atomic E-state index is 0.747. The van der Waals surface area contributed by atoms with Crippen LogP contribution in [0.25, 0.3) is 10.6 Å². The van der Waals surface area contributed by atoms with Crippen LogP contribution in [-0.2, 0) is 6.54 Å². The molecule has 19 heavy (non-hydrogen) atoms. The van der Waals surface area contributed by atoms with E-state index < -0.39 is 0 Å². The van der Waals surface area contributed by atoms with Gasteiger partial charge in [0.25, 0.3) is 0 Å². The predicted octanol–water partition coefficient (Wildman–Crippen LogP) is 4.34. The van der Waals surface area contributed by atoms with Gasteiger partial charge in [0.05, 0.1) is 5.69 Å². The molecule has 2 aromatic rings. The molecule has 1 N–H and O–H groups in total. The molecule has 0 fully saturated rings. The lowest BCUT2D eigenvalue weighted by atomic mass is 10.1. The molecular formula is C16H22N2S. The summed E-state index contributed by atoms with van der Waals surface area (Å²) in [6, 6.07) is 10.4. The number of nitrogens with one attached hydrogen (secondary N) is 1. The number of thiazole rings is 1. The van der Waals surface area contributed by atoms with Crippen molar-refractivity contribution in [3.05, 3.63) is 41.4 Å². The average Bonchev–Trinajstić information content (AvgIpc) is 2.89. The molecule has 1 heterocycles. The van der Waals surface area contributed by atoms with Gasteiger partial charge >= 0.3 is 0 Å². The molecule has 0 spiro atoms. The first-order valence-electron chi connectivity index (χ1n) is 7.00. The van der Waals surface area contributed by atoms with E-state index in [2.05, 4.69) is 53.8 Å². The zero-order valence-electron chi connectivity index (χ0n) is 11.7. The second-order valence-corrected chi connectivity index (χ2v) is 5.89. The van der Waals surface area contributed by atoms with E-state index in [9.17, 15) is 0 Å².